The monoisotopic (exact) mass is 346 g/mol. The van der Waals surface area contributed by atoms with Gasteiger partial charge in [-0.15, -0.1) is 0 Å². The van der Waals surface area contributed by atoms with Crippen molar-refractivity contribution in [3.05, 3.63) is 42.5 Å². The van der Waals surface area contributed by atoms with E-state index < -0.39 is 26.7 Å². The summed E-state index contributed by atoms with van der Waals surface area (Å²) in [5.74, 6) is 0.00419. The Labute approximate surface area is 130 Å². The van der Waals surface area contributed by atoms with E-state index in [9.17, 15) is 21.6 Å². The minimum atomic E-state index is -4.71. The second-order valence-electron chi connectivity index (χ2n) is 5.30. The third-order valence-electron chi connectivity index (χ3n) is 3.65. The first-order valence-corrected chi connectivity index (χ1v) is 8.21. The molecule has 10 heteroatoms. The summed E-state index contributed by atoms with van der Waals surface area (Å²) < 4.78 is 66.4. The quantitative estimate of drug-likeness (QED) is 0.844. The van der Waals surface area contributed by atoms with Crippen molar-refractivity contribution in [2.75, 3.05) is 13.1 Å². The SMILES string of the molecule is O=S(=O)(c1ccccc1C(F)(F)F)N1CC(Cn2cncn2)C1. The lowest BCUT2D eigenvalue weighted by Crippen LogP contribution is -2.51. The molecule has 1 aliphatic rings. The molecule has 3 rings (SSSR count). The van der Waals surface area contributed by atoms with E-state index in [0.717, 1.165) is 16.4 Å². The van der Waals surface area contributed by atoms with Gasteiger partial charge >= 0.3 is 6.18 Å². The average Bonchev–Trinajstić information content (AvgIpc) is 2.94. The highest BCUT2D eigenvalue weighted by atomic mass is 32.2. The van der Waals surface area contributed by atoms with Crippen LogP contribution in [0, 0.1) is 5.92 Å². The summed E-state index contributed by atoms with van der Waals surface area (Å²) >= 11 is 0. The Bertz CT molecular complexity index is 784. The fraction of sp³-hybridized carbons (Fsp3) is 0.385. The van der Waals surface area contributed by atoms with Crippen molar-refractivity contribution >= 4 is 10.0 Å². The normalized spacial score (nSPS) is 17.2. The van der Waals surface area contributed by atoms with E-state index in [4.69, 9.17) is 0 Å². The lowest BCUT2D eigenvalue weighted by Gasteiger charge is -2.38. The minimum Gasteiger partial charge on any atom is -0.253 e. The Morgan fingerprint density at radius 3 is 2.52 bits per heavy atom. The van der Waals surface area contributed by atoms with E-state index in [2.05, 4.69) is 10.1 Å². The summed E-state index contributed by atoms with van der Waals surface area (Å²) in [4.78, 5) is 3.08. The van der Waals surface area contributed by atoms with Gasteiger partial charge in [-0.3, -0.25) is 4.68 Å². The molecule has 124 valence electrons. The van der Waals surface area contributed by atoms with E-state index in [1.807, 2.05) is 0 Å². The molecule has 6 nitrogen and oxygen atoms in total. The molecule has 0 spiro atoms. The first-order valence-electron chi connectivity index (χ1n) is 6.77. The zero-order valence-corrected chi connectivity index (χ0v) is 12.6. The predicted molar refractivity (Wildman–Crippen MR) is 73.7 cm³/mol. The van der Waals surface area contributed by atoms with Crippen molar-refractivity contribution < 1.29 is 21.6 Å². The Morgan fingerprint density at radius 1 is 1.22 bits per heavy atom. The van der Waals surface area contributed by atoms with Crippen LogP contribution in [0.15, 0.2) is 41.8 Å². The molecule has 1 aromatic heterocycles. The molecule has 0 saturated carbocycles. The zero-order chi connectivity index (χ0) is 16.7. The van der Waals surface area contributed by atoms with Crippen molar-refractivity contribution in [2.24, 2.45) is 5.92 Å². The van der Waals surface area contributed by atoms with Crippen LogP contribution in [0.1, 0.15) is 5.56 Å². The molecule has 1 saturated heterocycles. The van der Waals surface area contributed by atoms with Crippen LogP contribution < -0.4 is 0 Å². The molecule has 1 aromatic carbocycles. The van der Waals surface area contributed by atoms with Crippen LogP contribution in [0.2, 0.25) is 0 Å². The molecule has 1 aliphatic heterocycles. The van der Waals surface area contributed by atoms with Crippen LogP contribution in [0.25, 0.3) is 0 Å². The maximum Gasteiger partial charge on any atom is 0.417 e. The number of halogens is 3. The Kier molecular flexibility index (Phi) is 3.88. The fourth-order valence-corrected chi connectivity index (χ4v) is 4.30. The molecule has 2 heterocycles. The van der Waals surface area contributed by atoms with Gasteiger partial charge < -0.3 is 0 Å². The maximum atomic E-state index is 13.0. The van der Waals surface area contributed by atoms with Crippen LogP contribution in [-0.4, -0.2) is 40.6 Å². The topological polar surface area (TPSA) is 68.1 Å². The minimum absolute atomic E-state index is 0.00419. The molecule has 23 heavy (non-hydrogen) atoms. The standard InChI is InChI=1S/C13H13F3N4O2S/c14-13(15,16)11-3-1-2-4-12(11)23(21,22)20-6-10(7-20)5-19-9-17-8-18-19/h1-4,8-10H,5-7H2. The second-order valence-corrected chi connectivity index (χ2v) is 7.21. The number of alkyl halides is 3. The molecule has 0 unspecified atom stereocenters. The molecular formula is C13H13F3N4O2S. The van der Waals surface area contributed by atoms with Gasteiger partial charge in [0.15, 0.2) is 0 Å². The van der Waals surface area contributed by atoms with Gasteiger partial charge in [0, 0.05) is 25.6 Å². The third-order valence-corrected chi connectivity index (χ3v) is 5.54. The van der Waals surface area contributed by atoms with E-state index >= 15 is 0 Å². The van der Waals surface area contributed by atoms with E-state index in [0.29, 0.717) is 6.54 Å². The van der Waals surface area contributed by atoms with Crippen LogP contribution in [0.5, 0.6) is 0 Å². The summed E-state index contributed by atoms with van der Waals surface area (Å²) in [5.41, 5.74) is -1.14. The molecule has 0 radical (unpaired) electrons. The molecule has 0 bridgehead atoms. The van der Waals surface area contributed by atoms with Gasteiger partial charge in [-0.1, -0.05) is 12.1 Å². The summed E-state index contributed by atoms with van der Waals surface area (Å²) in [6, 6.07) is 4.22. The van der Waals surface area contributed by atoms with Crippen LogP contribution in [-0.2, 0) is 22.7 Å². The Balaban J connectivity index is 1.77. The van der Waals surface area contributed by atoms with Gasteiger partial charge in [0.2, 0.25) is 10.0 Å². The zero-order valence-electron chi connectivity index (χ0n) is 11.8. The van der Waals surface area contributed by atoms with Crippen molar-refractivity contribution in [3.8, 4) is 0 Å². The van der Waals surface area contributed by atoms with Gasteiger partial charge in [-0.05, 0) is 12.1 Å². The van der Waals surface area contributed by atoms with Gasteiger partial charge in [-0.2, -0.15) is 22.6 Å². The van der Waals surface area contributed by atoms with Gasteiger partial charge in [0.25, 0.3) is 0 Å². The van der Waals surface area contributed by atoms with Gasteiger partial charge in [0.1, 0.15) is 12.7 Å². The number of benzene rings is 1. The highest BCUT2D eigenvalue weighted by molar-refractivity contribution is 7.89. The highest BCUT2D eigenvalue weighted by Crippen LogP contribution is 2.36. The van der Waals surface area contributed by atoms with E-state index in [1.165, 1.54) is 24.8 Å². The molecule has 0 amide bonds. The van der Waals surface area contributed by atoms with E-state index in [-0.39, 0.29) is 19.0 Å². The smallest absolute Gasteiger partial charge is 0.253 e. The van der Waals surface area contributed by atoms with Crippen LogP contribution >= 0.6 is 0 Å². The first kappa shape index (κ1) is 15.9. The molecule has 1 fully saturated rings. The van der Waals surface area contributed by atoms with Crippen molar-refractivity contribution in [2.45, 2.75) is 17.6 Å². The number of sulfonamides is 1. The summed E-state index contributed by atoms with van der Waals surface area (Å²) in [6.45, 7) is 0.801. The predicted octanol–water partition coefficient (Wildman–Crippen LogP) is 1.62. The molecular weight excluding hydrogens is 333 g/mol. The molecule has 0 atom stereocenters. The number of hydrogen-bond acceptors (Lipinski definition) is 4. The largest absolute Gasteiger partial charge is 0.417 e. The third kappa shape index (κ3) is 3.08. The number of hydrogen-bond donors (Lipinski definition) is 0. The highest BCUT2D eigenvalue weighted by Gasteiger charge is 2.42. The summed E-state index contributed by atoms with van der Waals surface area (Å²) in [5, 5.41) is 3.92. The second kappa shape index (κ2) is 5.60. The number of nitrogens with zero attached hydrogens (tertiary/aromatic N) is 4. The lowest BCUT2D eigenvalue weighted by atomic mass is 10.0. The van der Waals surface area contributed by atoms with Crippen LogP contribution in [0.3, 0.4) is 0 Å². The van der Waals surface area contributed by atoms with Crippen molar-refractivity contribution in [1.82, 2.24) is 19.1 Å². The van der Waals surface area contributed by atoms with Crippen molar-refractivity contribution in [1.29, 1.82) is 0 Å². The molecule has 0 aliphatic carbocycles. The first-order chi connectivity index (χ1) is 10.8. The Hall–Kier alpha value is -1.94. The van der Waals surface area contributed by atoms with Crippen molar-refractivity contribution in [3.63, 3.8) is 0 Å². The number of aromatic nitrogens is 3. The van der Waals surface area contributed by atoms with Gasteiger partial charge in [0.05, 0.1) is 10.5 Å². The molecule has 0 N–H and O–H groups in total. The number of rotatable bonds is 4. The average molecular weight is 346 g/mol. The molecule has 2 aromatic rings. The fourth-order valence-electron chi connectivity index (χ4n) is 2.49. The lowest BCUT2D eigenvalue weighted by molar-refractivity contribution is -0.139. The summed E-state index contributed by atoms with van der Waals surface area (Å²) in [7, 11) is -4.16. The maximum absolute atomic E-state index is 13.0. The summed E-state index contributed by atoms with van der Waals surface area (Å²) in [6.07, 6.45) is -1.84. The van der Waals surface area contributed by atoms with E-state index in [1.54, 1.807) is 4.68 Å². The Morgan fingerprint density at radius 2 is 1.91 bits per heavy atom. The van der Waals surface area contributed by atoms with Crippen LogP contribution in [0.4, 0.5) is 13.2 Å². The van der Waals surface area contributed by atoms with Gasteiger partial charge in [-0.25, -0.2) is 13.4 Å².